The lowest BCUT2D eigenvalue weighted by Crippen LogP contribution is -2.41. The molecule has 1 aliphatic rings. The van der Waals surface area contributed by atoms with Gasteiger partial charge in [0.25, 0.3) is 0 Å². The Morgan fingerprint density at radius 3 is 2.59 bits per heavy atom. The van der Waals surface area contributed by atoms with E-state index in [1.54, 1.807) is 14.0 Å². The molecule has 0 amide bonds. The minimum atomic E-state index is -3.43. The third-order valence-corrected chi connectivity index (χ3v) is 5.39. The van der Waals surface area contributed by atoms with Gasteiger partial charge < -0.3 is 10.2 Å². The first kappa shape index (κ1) is 12.6. The average Bonchev–Trinajstić information content (AvgIpc) is 2.57. The fourth-order valence-corrected chi connectivity index (χ4v) is 3.58. The van der Waals surface area contributed by atoms with Crippen molar-refractivity contribution in [1.82, 2.24) is 4.31 Å². The van der Waals surface area contributed by atoms with Crippen LogP contribution in [0.5, 0.6) is 0 Å². The highest BCUT2D eigenvalue weighted by atomic mass is 32.2. The molecule has 0 atom stereocenters. The lowest BCUT2D eigenvalue weighted by molar-refractivity contribution is 0.249. The summed E-state index contributed by atoms with van der Waals surface area (Å²) in [6.07, 6.45) is 2.98. The number of nitrogens with zero attached hydrogens (tertiary/aromatic N) is 1. The molecule has 1 aliphatic carbocycles. The molecule has 1 saturated carbocycles. The van der Waals surface area contributed by atoms with Crippen LogP contribution < -0.4 is 5.73 Å². The highest BCUT2D eigenvalue weighted by Gasteiger charge is 2.33. The highest BCUT2D eigenvalue weighted by molar-refractivity contribution is 7.89. The topological polar surface area (TPSA) is 76.5 Å². The van der Waals surface area contributed by atoms with Gasteiger partial charge in [-0.3, -0.25) is 0 Å². The van der Waals surface area contributed by atoms with Crippen molar-refractivity contribution in [1.29, 1.82) is 0 Å². The van der Waals surface area contributed by atoms with Crippen LogP contribution >= 0.6 is 0 Å². The smallest absolute Gasteiger partial charge is 0.246 e. The molecule has 0 radical (unpaired) electrons. The Morgan fingerprint density at radius 2 is 2.18 bits per heavy atom. The van der Waals surface area contributed by atoms with E-state index in [1.165, 1.54) is 10.4 Å². The van der Waals surface area contributed by atoms with Gasteiger partial charge in [-0.1, -0.05) is 6.42 Å². The molecule has 6 heteroatoms. The van der Waals surface area contributed by atoms with Crippen molar-refractivity contribution in [2.24, 2.45) is 5.73 Å². The molecular formula is C11H18N2O3S. The van der Waals surface area contributed by atoms with Gasteiger partial charge in [-0.15, -0.1) is 0 Å². The summed E-state index contributed by atoms with van der Waals surface area (Å²) in [6, 6.07) is 1.66. The van der Waals surface area contributed by atoms with Crippen LogP contribution in [0.2, 0.25) is 0 Å². The summed E-state index contributed by atoms with van der Waals surface area (Å²) in [5, 5.41) is 0. The van der Waals surface area contributed by atoms with Crippen LogP contribution in [-0.2, 0) is 16.6 Å². The summed E-state index contributed by atoms with van der Waals surface area (Å²) in [7, 11) is -1.80. The molecule has 5 nitrogen and oxygen atoms in total. The molecule has 1 fully saturated rings. The minimum Gasteiger partial charge on any atom is -0.464 e. The van der Waals surface area contributed by atoms with E-state index in [9.17, 15) is 8.42 Å². The molecule has 0 unspecified atom stereocenters. The summed E-state index contributed by atoms with van der Waals surface area (Å²) < 4.78 is 31.4. The quantitative estimate of drug-likeness (QED) is 0.881. The van der Waals surface area contributed by atoms with Gasteiger partial charge >= 0.3 is 0 Å². The van der Waals surface area contributed by atoms with Crippen molar-refractivity contribution in [3.05, 3.63) is 17.6 Å². The molecule has 17 heavy (non-hydrogen) atoms. The predicted octanol–water partition coefficient (Wildman–Crippen LogP) is 1.22. The lowest BCUT2D eigenvalue weighted by Gasteiger charge is -2.33. The zero-order valence-electron chi connectivity index (χ0n) is 10.1. The fraction of sp³-hybridized carbons (Fsp3) is 0.636. The van der Waals surface area contributed by atoms with Crippen LogP contribution in [0, 0.1) is 6.92 Å². The third kappa shape index (κ3) is 2.12. The second kappa shape index (κ2) is 4.44. The predicted molar refractivity (Wildman–Crippen MR) is 63.9 cm³/mol. The lowest BCUT2D eigenvalue weighted by atomic mass is 9.94. The van der Waals surface area contributed by atoms with Gasteiger partial charge in [0.05, 0.1) is 6.54 Å². The van der Waals surface area contributed by atoms with E-state index in [0.29, 0.717) is 11.5 Å². The van der Waals surface area contributed by atoms with Gasteiger partial charge in [0.2, 0.25) is 10.0 Å². The fourth-order valence-electron chi connectivity index (χ4n) is 1.98. The zero-order valence-corrected chi connectivity index (χ0v) is 11.0. The molecule has 1 heterocycles. The first-order valence-electron chi connectivity index (χ1n) is 5.74. The maximum absolute atomic E-state index is 12.3. The van der Waals surface area contributed by atoms with Crippen LogP contribution in [0.3, 0.4) is 0 Å². The summed E-state index contributed by atoms with van der Waals surface area (Å²) in [5.74, 6) is 0.916. The summed E-state index contributed by atoms with van der Waals surface area (Å²) >= 11 is 0. The van der Waals surface area contributed by atoms with Gasteiger partial charge in [-0.2, -0.15) is 4.31 Å². The van der Waals surface area contributed by atoms with Crippen molar-refractivity contribution in [3.8, 4) is 0 Å². The second-order valence-electron chi connectivity index (χ2n) is 4.44. The molecular weight excluding hydrogens is 240 g/mol. The van der Waals surface area contributed by atoms with E-state index in [4.69, 9.17) is 10.2 Å². The Balaban J connectivity index is 2.33. The number of furan rings is 1. The number of hydrogen-bond donors (Lipinski definition) is 1. The number of hydrogen-bond acceptors (Lipinski definition) is 4. The molecule has 2 N–H and O–H groups in total. The van der Waals surface area contributed by atoms with E-state index in [-0.39, 0.29) is 17.5 Å². The number of rotatable bonds is 4. The summed E-state index contributed by atoms with van der Waals surface area (Å²) in [5.41, 5.74) is 5.45. The second-order valence-corrected chi connectivity index (χ2v) is 6.41. The van der Waals surface area contributed by atoms with Crippen molar-refractivity contribution in [3.63, 3.8) is 0 Å². The van der Waals surface area contributed by atoms with E-state index >= 15 is 0 Å². The highest BCUT2D eigenvalue weighted by Crippen LogP contribution is 2.30. The summed E-state index contributed by atoms with van der Waals surface area (Å²) in [6.45, 7) is 1.87. The van der Waals surface area contributed by atoms with E-state index in [2.05, 4.69) is 0 Å². The number of aryl methyl sites for hydroxylation is 1. The molecule has 0 saturated heterocycles. The minimum absolute atomic E-state index is 0.135. The molecule has 1 aromatic rings. The van der Waals surface area contributed by atoms with Gasteiger partial charge in [0.15, 0.2) is 0 Å². The van der Waals surface area contributed by atoms with Gasteiger partial charge in [-0.05, 0) is 19.8 Å². The van der Waals surface area contributed by atoms with Gasteiger partial charge in [0.1, 0.15) is 16.4 Å². The van der Waals surface area contributed by atoms with Crippen LogP contribution in [0.15, 0.2) is 15.4 Å². The molecule has 1 aromatic heterocycles. The number of nitrogens with two attached hydrogens (primary N) is 1. The van der Waals surface area contributed by atoms with E-state index < -0.39 is 10.0 Å². The standard InChI is InChI=1S/C11H18N2O3S/c1-8-11(6-10(7-12)16-8)17(14,15)13(2)9-4-3-5-9/h6,9H,3-5,7,12H2,1-2H3. The Hall–Kier alpha value is -0.850. The first-order valence-corrected chi connectivity index (χ1v) is 7.18. The maximum atomic E-state index is 12.3. The summed E-state index contributed by atoms with van der Waals surface area (Å²) in [4.78, 5) is 0.243. The van der Waals surface area contributed by atoms with Crippen molar-refractivity contribution in [2.75, 3.05) is 7.05 Å². The largest absolute Gasteiger partial charge is 0.464 e. The van der Waals surface area contributed by atoms with Gasteiger partial charge in [-0.25, -0.2) is 8.42 Å². The zero-order chi connectivity index (χ0) is 12.6. The van der Waals surface area contributed by atoms with E-state index in [0.717, 1.165) is 19.3 Å². The Labute approximate surface area is 102 Å². The van der Waals surface area contributed by atoms with Crippen LogP contribution in [0.4, 0.5) is 0 Å². The number of sulfonamides is 1. The van der Waals surface area contributed by atoms with Gasteiger partial charge in [0, 0.05) is 19.2 Å². The molecule has 0 aromatic carbocycles. The van der Waals surface area contributed by atoms with Crippen molar-refractivity contribution >= 4 is 10.0 Å². The first-order chi connectivity index (χ1) is 7.96. The average molecular weight is 258 g/mol. The van der Waals surface area contributed by atoms with Crippen molar-refractivity contribution in [2.45, 2.75) is 43.7 Å². The Kier molecular flexibility index (Phi) is 3.29. The maximum Gasteiger partial charge on any atom is 0.246 e. The van der Waals surface area contributed by atoms with Crippen LogP contribution in [0.25, 0.3) is 0 Å². The van der Waals surface area contributed by atoms with Crippen LogP contribution in [-0.4, -0.2) is 25.8 Å². The Morgan fingerprint density at radius 1 is 1.53 bits per heavy atom. The van der Waals surface area contributed by atoms with E-state index in [1.807, 2.05) is 0 Å². The van der Waals surface area contributed by atoms with Crippen LogP contribution in [0.1, 0.15) is 30.8 Å². The molecule has 96 valence electrons. The molecule has 0 spiro atoms. The monoisotopic (exact) mass is 258 g/mol. The Bertz CT molecular complexity index is 503. The normalized spacial score (nSPS) is 17.4. The molecule has 0 bridgehead atoms. The molecule has 0 aliphatic heterocycles. The van der Waals surface area contributed by atoms with Crippen molar-refractivity contribution < 1.29 is 12.8 Å². The SMILES string of the molecule is Cc1oc(CN)cc1S(=O)(=O)N(C)C1CCC1. The molecule has 2 rings (SSSR count). The third-order valence-electron chi connectivity index (χ3n) is 3.37.